The number of amides is 3. The average molecular weight is 479 g/mol. The SMILES string of the molecule is CC1=C(C(=O)OCc2ccc([N+](=O)[O-])cc2)N2C(=O)[C@@H](N3C(=O)c4ccccc4C3=O)[C@H]2SC1. The van der Waals surface area contributed by atoms with Gasteiger partial charge in [0.1, 0.15) is 23.7 Å². The first-order valence-corrected chi connectivity index (χ1v) is 11.4. The maximum atomic E-state index is 13.1. The van der Waals surface area contributed by atoms with Gasteiger partial charge in [0.05, 0.1) is 16.1 Å². The van der Waals surface area contributed by atoms with E-state index in [0.717, 1.165) is 4.90 Å². The number of imide groups is 1. The number of hydrogen-bond acceptors (Lipinski definition) is 8. The van der Waals surface area contributed by atoms with Crippen molar-refractivity contribution in [3.8, 4) is 0 Å². The summed E-state index contributed by atoms with van der Waals surface area (Å²) >= 11 is 1.37. The minimum Gasteiger partial charge on any atom is -0.456 e. The van der Waals surface area contributed by atoms with E-state index in [4.69, 9.17) is 4.74 Å². The van der Waals surface area contributed by atoms with Gasteiger partial charge in [-0.25, -0.2) is 4.79 Å². The second kappa shape index (κ2) is 8.10. The zero-order valence-electron chi connectivity index (χ0n) is 17.8. The van der Waals surface area contributed by atoms with Gasteiger partial charge >= 0.3 is 5.97 Å². The van der Waals surface area contributed by atoms with Crippen LogP contribution in [0, 0.1) is 10.1 Å². The van der Waals surface area contributed by atoms with Crippen molar-refractivity contribution in [1.29, 1.82) is 0 Å². The van der Waals surface area contributed by atoms with Crippen molar-refractivity contribution < 1.29 is 28.8 Å². The Kier molecular flexibility index (Phi) is 5.20. The predicted molar refractivity (Wildman–Crippen MR) is 119 cm³/mol. The van der Waals surface area contributed by atoms with Crippen LogP contribution in [-0.2, 0) is 20.9 Å². The van der Waals surface area contributed by atoms with E-state index in [1.54, 1.807) is 31.2 Å². The van der Waals surface area contributed by atoms with Crippen molar-refractivity contribution >= 4 is 41.1 Å². The molecule has 0 saturated carbocycles. The molecular weight excluding hydrogens is 462 g/mol. The zero-order chi connectivity index (χ0) is 24.1. The molecule has 0 unspecified atom stereocenters. The van der Waals surface area contributed by atoms with Gasteiger partial charge in [0.15, 0.2) is 0 Å². The van der Waals surface area contributed by atoms with Crippen LogP contribution in [0.3, 0.4) is 0 Å². The Morgan fingerprint density at radius 2 is 1.68 bits per heavy atom. The number of hydrogen-bond donors (Lipinski definition) is 0. The summed E-state index contributed by atoms with van der Waals surface area (Å²) in [6, 6.07) is 11.0. The number of ether oxygens (including phenoxy) is 1. The molecule has 0 aliphatic carbocycles. The summed E-state index contributed by atoms with van der Waals surface area (Å²) in [6.07, 6.45) is 0. The normalized spacial score (nSPS) is 21.3. The summed E-state index contributed by atoms with van der Waals surface area (Å²) in [7, 11) is 0. The smallest absolute Gasteiger partial charge is 0.355 e. The minimum atomic E-state index is -0.997. The third-order valence-electron chi connectivity index (χ3n) is 5.94. The van der Waals surface area contributed by atoms with Gasteiger partial charge in [-0.2, -0.15) is 0 Å². The summed E-state index contributed by atoms with van der Waals surface area (Å²) in [5.74, 6) is -1.85. The number of fused-ring (bicyclic) bond motifs is 2. The lowest BCUT2D eigenvalue weighted by Gasteiger charge is -2.51. The molecule has 3 aliphatic rings. The van der Waals surface area contributed by atoms with Crippen LogP contribution in [0.4, 0.5) is 5.69 Å². The summed E-state index contributed by atoms with van der Waals surface area (Å²) < 4.78 is 5.38. The summed E-state index contributed by atoms with van der Waals surface area (Å²) in [5, 5.41) is 10.2. The van der Waals surface area contributed by atoms with Crippen LogP contribution in [0.15, 0.2) is 59.8 Å². The molecule has 3 aliphatic heterocycles. The van der Waals surface area contributed by atoms with Crippen LogP contribution >= 0.6 is 11.8 Å². The quantitative estimate of drug-likeness (QED) is 0.210. The topological polar surface area (TPSA) is 127 Å². The molecule has 5 rings (SSSR count). The first kappa shape index (κ1) is 21.8. The van der Waals surface area contributed by atoms with Gasteiger partial charge in [-0.1, -0.05) is 12.1 Å². The number of carbonyl (C=O) groups is 4. The van der Waals surface area contributed by atoms with Gasteiger partial charge in [0.25, 0.3) is 23.4 Å². The lowest BCUT2D eigenvalue weighted by Crippen LogP contribution is -2.71. The van der Waals surface area contributed by atoms with E-state index in [0.29, 0.717) is 16.9 Å². The number of nitrogens with zero attached hydrogens (tertiary/aromatic N) is 3. The molecule has 172 valence electrons. The Labute approximate surface area is 197 Å². The van der Waals surface area contributed by atoms with E-state index in [1.165, 1.54) is 40.9 Å². The zero-order valence-corrected chi connectivity index (χ0v) is 18.6. The monoisotopic (exact) mass is 479 g/mol. The molecule has 1 fully saturated rings. The van der Waals surface area contributed by atoms with E-state index in [2.05, 4.69) is 0 Å². The maximum absolute atomic E-state index is 13.1. The molecule has 0 aromatic heterocycles. The third kappa shape index (κ3) is 3.27. The van der Waals surface area contributed by atoms with E-state index < -0.39 is 40.0 Å². The largest absolute Gasteiger partial charge is 0.456 e. The minimum absolute atomic E-state index is 0.0776. The lowest BCUT2D eigenvalue weighted by atomic mass is 10.0. The first-order chi connectivity index (χ1) is 16.3. The molecule has 10 nitrogen and oxygen atoms in total. The number of esters is 1. The highest BCUT2D eigenvalue weighted by atomic mass is 32.2. The van der Waals surface area contributed by atoms with Crippen molar-refractivity contribution in [2.24, 2.45) is 0 Å². The standard InChI is InChI=1S/C23H17N3O7S/c1-12-11-34-22-18(24-19(27)15-4-2-3-5-16(15)20(24)28)21(29)25(22)17(12)23(30)33-10-13-6-8-14(9-7-13)26(31)32/h2-9,18,22H,10-11H2,1H3/t18-,22-/m1/s1. The third-order valence-corrected chi connectivity index (χ3v) is 7.35. The number of nitro benzene ring substituents is 1. The molecule has 0 spiro atoms. The van der Waals surface area contributed by atoms with Crippen LogP contribution in [-0.4, -0.2) is 55.6 Å². The molecule has 1 saturated heterocycles. The second-order valence-corrected chi connectivity index (χ2v) is 9.11. The number of carbonyl (C=O) groups excluding carboxylic acids is 4. The summed E-state index contributed by atoms with van der Waals surface area (Å²) in [4.78, 5) is 64.2. The molecule has 2 aromatic carbocycles. The van der Waals surface area contributed by atoms with Crippen molar-refractivity contribution in [2.75, 3.05) is 5.75 Å². The van der Waals surface area contributed by atoms with E-state index in [9.17, 15) is 29.3 Å². The molecule has 2 atom stereocenters. The molecule has 34 heavy (non-hydrogen) atoms. The molecule has 3 amide bonds. The Morgan fingerprint density at radius 3 is 2.26 bits per heavy atom. The van der Waals surface area contributed by atoms with Gasteiger partial charge in [0.2, 0.25) is 0 Å². The van der Waals surface area contributed by atoms with Crippen molar-refractivity contribution in [1.82, 2.24) is 9.80 Å². The number of β-lactam (4-membered cyclic amide) rings is 1. The van der Waals surface area contributed by atoms with Crippen LogP contribution < -0.4 is 0 Å². The fourth-order valence-electron chi connectivity index (χ4n) is 4.24. The van der Waals surface area contributed by atoms with Gasteiger partial charge in [-0.3, -0.25) is 34.3 Å². The van der Waals surface area contributed by atoms with Crippen molar-refractivity contribution in [3.05, 3.63) is 86.6 Å². The number of non-ortho nitro benzene ring substituents is 1. The highest BCUT2D eigenvalue weighted by Gasteiger charge is 2.59. The molecule has 0 bridgehead atoms. The van der Waals surface area contributed by atoms with Crippen LogP contribution in [0.1, 0.15) is 33.2 Å². The number of rotatable bonds is 5. The first-order valence-electron chi connectivity index (χ1n) is 10.3. The molecule has 11 heteroatoms. The Hall–Kier alpha value is -3.99. The fourth-order valence-corrected chi connectivity index (χ4v) is 5.57. The average Bonchev–Trinajstić information content (AvgIpc) is 3.08. The number of benzene rings is 2. The molecule has 3 heterocycles. The Balaban J connectivity index is 1.32. The molecule has 0 N–H and O–H groups in total. The van der Waals surface area contributed by atoms with Crippen molar-refractivity contribution in [3.63, 3.8) is 0 Å². The highest BCUT2D eigenvalue weighted by molar-refractivity contribution is 8.00. The second-order valence-electron chi connectivity index (χ2n) is 8.01. The number of thioether (sulfide) groups is 1. The number of nitro groups is 1. The Bertz CT molecular complexity index is 1270. The van der Waals surface area contributed by atoms with Crippen molar-refractivity contribution in [2.45, 2.75) is 24.9 Å². The predicted octanol–water partition coefficient (Wildman–Crippen LogP) is 2.49. The highest BCUT2D eigenvalue weighted by Crippen LogP contribution is 2.44. The lowest BCUT2D eigenvalue weighted by molar-refractivity contribution is -0.384. The van der Waals surface area contributed by atoms with Crippen LogP contribution in [0.2, 0.25) is 0 Å². The van der Waals surface area contributed by atoms with Crippen LogP contribution in [0.5, 0.6) is 0 Å². The van der Waals surface area contributed by atoms with Gasteiger partial charge < -0.3 is 4.74 Å². The van der Waals surface area contributed by atoms with Gasteiger partial charge in [0, 0.05) is 17.9 Å². The fraction of sp³-hybridized carbons (Fsp3) is 0.217. The molecule has 0 radical (unpaired) electrons. The Morgan fingerprint density at radius 1 is 1.06 bits per heavy atom. The molecular formula is C23H17N3O7S. The van der Waals surface area contributed by atoms with Gasteiger partial charge in [-0.05, 0) is 42.3 Å². The van der Waals surface area contributed by atoms with E-state index in [-0.39, 0.29) is 29.1 Å². The maximum Gasteiger partial charge on any atom is 0.355 e. The van der Waals surface area contributed by atoms with E-state index >= 15 is 0 Å². The van der Waals surface area contributed by atoms with Gasteiger partial charge in [-0.15, -0.1) is 11.8 Å². The summed E-state index contributed by atoms with van der Waals surface area (Å²) in [5.41, 5.74) is 1.74. The van der Waals surface area contributed by atoms with Crippen LogP contribution in [0.25, 0.3) is 0 Å². The summed E-state index contributed by atoms with van der Waals surface area (Å²) in [6.45, 7) is 1.59. The van der Waals surface area contributed by atoms with E-state index in [1.807, 2.05) is 0 Å². The molecule has 2 aromatic rings.